The molecule has 0 unspecified atom stereocenters. The molecular weight excluding hydrogens is 363 g/mol. The third-order valence-electron chi connectivity index (χ3n) is 5.69. The summed E-state index contributed by atoms with van der Waals surface area (Å²) in [6.07, 6.45) is 3.62. The third-order valence-corrected chi connectivity index (χ3v) is 8.26. The number of piperidine rings is 1. The lowest BCUT2D eigenvalue weighted by molar-refractivity contribution is 0.217. The quantitative estimate of drug-likeness (QED) is 0.700. The largest absolute Gasteiger partial charge is 0.478 e. The van der Waals surface area contributed by atoms with Gasteiger partial charge in [0.25, 0.3) is 0 Å². The van der Waals surface area contributed by atoms with Crippen LogP contribution in [0.4, 0.5) is 0 Å². The topological polar surface area (TPSA) is 24.8 Å². The van der Waals surface area contributed by atoms with Crippen LogP contribution in [0.1, 0.15) is 40.0 Å². The highest BCUT2D eigenvalue weighted by atomic mass is 31.1. The Balaban J connectivity index is 1.70. The van der Waals surface area contributed by atoms with E-state index >= 15 is 0 Å². The molecule has 1 saturated heterocycles. The van der Waals surface area contributed by atoms with Crippen molar-refractivity contribution in [3.05, 3.63) is 60.7 Å². The van der Waals surface area contributed by atoms with Crippen LogP contribution in [0.25, 0.3) is 0 Å². The molecule has 2 aliphatic rings. The van der Waals surface area contributed by atoms with Gasteiger partial charge in [-0.25, -0.2) is 4.99 Å². The van der Waals surface area contributed by atoms with E-state index in [1.165, 1.54) is 23.5 Å². The van der Waals surface area contributed by atoms with Crippen LogP contribution in [-0.4, -0.2) is 35.8 Å². The minimum atomic E-state index is -0.594. The van der Waals surface area contributed by atoms with E-state index in [1.807, 2.05) is 0 Å². The fourth-order valence-corrected chi connectivity index (χ4v) is 6.64. The van der Waals surface area contributed by atoms with Crippen LogP contribution < -0.4 is 10.6 Å². The maximum atomic E-state index is 6.20. The number of nitrogens with zero attached hydrogens (tertiary/aromatic N) is 2. The van der Waals surface area contributed by atoms with E-state index in [-0.39, 0.29) is 17.5 Å². The van der Waals surface area contributed by atoms with Gasteiger partial charge in [-0.15, -0.1) is 0 Å². The van der Waals surface area contributed by atoms with Gasteiger partial charge in [0.05, 0.1) is 12.1 Å². The molecule has 4 heteroatoms. The molecule has 2 heterocycles. The van der Waals surface area contributed by atoms with Gasteiger partial charge in [-0.3, -0.25) is 4.67 Å². The molecule has 4 rings (SSSR count). The van der Waals surface area contributed by atoms with E-state index in [0.29, 0.717) is 0 Å². The lowest BCUT2D eigenvalue weighted by Crippen LogP contribution is -2.45. The molecule has 3 nitrogen and oxygen atoms in total. The number of aliphatic imine (C=N–C) groups is 1. The van der Waals surface area contributed by atoms with Gasteiger partial charge in [0.15, 0.2) is 0 Å². The van der Waals surface area contributed by atoms with Crippen LogP contribution in [0.2, 0.25) is 0 Å². The van der Waals surface area contributed by atoms with Crippen molar-refractivity contribution in [2.75, 3.05) is 13.2 Å². The molecule has 28 heavy (non-hydrogen) atoms. The Morgan fingerprint density at radius 3 is 2.07 bits per heavy atom. The zero-order valence-electron chi connectivity index (χ0n) is 17.2. The zero-order chi connectivity index (χ0) is 19.6. The summed E-state index contributed by atoms with van der Waals surface area (Å²) in [4.78, 5) is 5.07. The molecule has 2 atom stereocenters. The molecule has 0 saturated carbocycles. The highest BCUT2D eigenvalue weighted by molar-refractivity contribution is 7.70. The van der Waals surface area contributed by atoms with Crippen molar-refractivity contribution in [1.29, 1.82) is 0 Å². The summed E-state index contributed by atoms with van der Waals surface area (Å²) in [5.74, 6) is 0.971. The molecule has 0 radical (unpaired) electrons. The van der Waals surface area contributed by atoms with E-state index in [2.05, 4.69) is 86.1 Å². The third kappa shape index (κ3) is 4.16. The van der Waals surface area contributed by atoms with Gasteiger partial charge >= 0.3 is 0 Å². The summed E-state index contributed by atoms with van der Waals surface area (Å²) >= 11 is 0. The second kappa shape index (κ2) is 8.35. The lowest BCUT2D eigenvalue weighted by Gasteiger charge is -2.40. The Kier molecular flexibility index (Phi) is 5.85. The highest BCUT2D eigenvalue weighted by Gasteiger charge is 2.39. The maximum Gasteiger partial charge on any atom is 0.201 e. The van der Waals surface area contributed by atoms with Crippen LogP contribution in [0, 0.1) is 5.41 Å². The van der Waals surface area contributed by atoms with Crippen molar-refractivity contribution in [3.63, 3.8) is 0 Å². The molecule has 0 bridgehead atoms. The Morgan fingerprint density at radius 1 is 0.929 bits per heavy atom. The molecule has 1 fully saturated rings. The van der Waals surface area contributed by atoms with Crippen LogP contribution >= 0.6 is 8.07 Å². The first-order valence-corrected chi connectivity index (χ1v) is 11.7. The van der Waals surface area contributed by atoms with E-state index in [9.17, 15) is 0 Å². The van der Waals surface area contributed by atoms with E-state index in [0.717, 1.165) is 25.5 Å². The average Bonchev–Trinajstić information content (AvgIpc) is 3.21. The smallest absolute Gasteiger partial charge is 0.201 e. The molecule has 0 aromatic heterocycles. The minimum Gasteiger partial charge on any atom is -0.478 e. The first-order valence-electron chi connectivity index (χ1n) is 10.4. The number of ether oxygens (including phenoxy) is 1. The molecule has 2 aliphatic heterocycles. The van der Waals surface area contributed by atoms with Crippen molar-refractivity contribution >= 4 is 24.6 Å². The molecule has 2 aromatic rings. The molecule has 0 N–H and O–H groups in total. The summed E-state index contributed by atoms with van der Waals surface area (Å²) in [7, 11) is -0.594. The van der Waals surface area contributed by atoms with Gasteiger partial charge in [-0.2, -0.15) is 0 Å². The van der Waals surface area contributed by atoms with E-state index < -0.39 is 8.07 Å². The molecule has 0 spiro atoms. The monoisotopic (exact) mass is 394 g/mol. The lowest BCUT2D eigenvalue weighted by atomic mass is 9.88. The van der Waals surface area contributed by atoms with Crippen LogP contribution in [0.3, 0.4) is 0 Å². The van der Waals surface area contributed by atoms with Crippen LogP contribution in [0.15, 0.2) is 65.7 Å². The van der Waals surface area contributed by atoms with Crippen molar-refractivity contribution in [2.45, 2.75) is 52.1 Å². The standard InChI is InChI=1S/C24H31N2OP/c1-24(2,3)22-18-27-23(25-22)21-16-10-11-17-26(21)28(19-12-6-4-7-13-19)20-14-8-5-9-15-20/h4-9,12-15,21-22H,10-11,16-18H2,1-3H3/t21-,22-/m1/s1. The van der Waals surface area contributed by atoms with Gasteiger partial charge in [-0.05, 0) is 28.9 Å². The van der Waals surface area contributed by atoms with Crippen molar-refractivity contribution in [2.24, 2.45) is 10.4 Å². The van der Waals surface area contributed by atoms with E-state index in [4.69, 9.17) is 9.73 Å². The predicted octanol–water partition coefficient (Wildman–Crippen LogP) is 4.73. The van der Waals surface area contributed by atoms with Gasteiger partial charge in [0.1, 0.15) is 6.61 Å². The van der Waals surface area contributed by atoms with Crippen molar-refractivity contribution in [3.8, 4) is 0 Å². The second-order valence-electron chi connectivity index (χ2n) is 8.82. The van der Waals surface area contributed by atoms with Crippen LogP contribution in [0.5, 0.6) is 0 Å². The number of hydrogen-bond donors (Lipinski definition) is 0. The normalized spacial score (nSPS) is 23.5. The van der Waals surface area contributed by atoms with Crippen molar-refractivity contribution < 1.29 is 4.74 Å². The summed E-state index contributed by atoms with van der Waals surface area (Å²) in [6.45, 7) is 8.59. The fourth-order valence-electron chi connectivity index (χ4n) is 4.01. The van der Waals surface area contributed by atoms with Gasteiger partial charge in [0, 0.05) is 14.6 Å². The maximum absolute atomic E-state index is 6.20. The first kappa shape index (κ1) is 19.6. The fraction of sp³-hybridized carbons (Fsp3) is 0.458. The molecule has 2 aromatic carbocycles. The Labute approximate surface area is 170 Å². The summed E-state index contributed by atoms with van der Waals surface area (Å²) in [6, 6.07) is 22.5. The SMILES string of the molecule is CC(C)(C)[C@H]1COC([C@H]2CCCCN2P(c2ccccc2)c2ccccc2)=N1. The van der Waals surface area contributed by atoms with Gasteiger partial charge in [-0.1, -0.05) is 87.9 Å². The molecule has 148 valence electrons. The molecule has 0 amide bonds. The predicted molar refractivity (Wildman–Crippen MR) is 120 cm³/mol. The summed E-state index contributed by atoms with van der Waals surface area (Å²) < 4.78 is 8.89. The number of benzene rings is 2. The van der Waals surface area contributed by atoms with E-state index in [1.54, 1.807) is 0 Å². The Morgan fingerprint density at radius 2 is 1.54 bits per heavy atom. The van der Waals surface area contributed by atoms with Gasteiger partial charge in [0.2, 0.25) is 5.90 Å². The highest BCUT2D eigenvalue weighted by Crippen LogP contribution is 2.44. The Bertz CT molecular complexity index is 761. The van der Waals surface area contributed by atoms with Crippen LogP contribution in [-0.2, 0) is 4.74 Å². The Hall–Kier alpha value is -1.70. The number of rotatable bonds is 4. The number of hydrogen-bond acceptors (Lipinski definition) is 3. The summed E-state index contributed by atoms with van der Waals surface area (Å²) in [5.41, 5.74) is 0.144. The average molecular weight is 394 g/mol. The first-order chi connectivity index (χ1) is 13.5. The van der Waals surface area contributed by atoms with Crippen molar-refractivity contribution in [1.82, 2.24) is 4.67 Å². The molecule has 0 aliphatic carbocycles. The zero-order valence-corrected chi connectivity index (χ0v) is 18.1. The summed E-state index contributed by atoms with van der Waals surface area (Å²) in [5, 5.41) is 2.81. The second-order valence-corrected chi connectivity index (χ2v) is 11.0. The molecular formula is C24H31N2OP. The van der Waals surface area contributed by atoms with Gasteiger partial charge < -0.3 is 4.74 Å². The minimum absolute atomic E-state index is 0.144.